The standard InChI is InChI=1S/C16H18BrN3O2/c1-10(2)14-7-16(22)20(9-18-14)8-15(21)19-12-4-5-13(17)11(3)6-12/h4-7,9-10H,8H2,1-3H3,(H,19,21). The Morgan fingerprint density at radius 3 is 2.68 bits per heavy atom. The molecule has 0 aliphatic carbocycles. The van der Waals surface area contributed by atoms with Crippen molar-refractivity contribution in [2.24, 2.45) is 0 Å². The van der Waals surface area contributed by atoms with Crippen molar-refractivity contribution in [3.63, 3.8) is 0 Å². The Morgan fingerprint density at radius 1 is 1.36 bits per heavy atom. The monoisotopic (exact) mass is 363 g/mol. The number of carbonyl (C=O) groups excluding carboxylic acids is 1. The Hall–Kier alpha value is -1.95. The molecule has 5 nitrogen and oxygen atoms in total. The van der Waals surface area contributed by atoms with Gasteiger partial charge in [0.1, 0.15) is 6.54 Å². The van der Waals surface area contributed by atoms with Crippen LogP contribution in [0.4, 0.5) is 5.69 Å². The number of hydrogen-bond donors (Lipinski definition) is 1. The highest BCUT2D eigenvalue weighted by atomic mass is 79.9. The van der Waals surface area contributed by atoms with Gasteiger partial charge in [-0.3, -0.25) is 14.2 Å². The van der Waals surface area contributed by atoms with Gasteiger partial charge >= 0.3 is 0 Å². The van der Waals surface area contributed by atoms with Crippen LogP contribution in [0.15, 0.2) is 39.9 Å². The van der Waals surface area contributed by atoms with Gasteiger partial charge in [-0.25, -0.2) is 4.98 Å². The molecule has 2 aromatic rings. The van der Waals surface area contributed by atoms with Gasteiger partial charge in [-0.15, -0.1) is 0 Å². The van der Waals surface area contributed by atoms with Crippen LogP contribution in [0.1, 0.15) is 31.0 Å². The number of amides is 1. The van der Waals surface area contributed by atoms with E-state index >= 15 is 0 Å². The minimum atomic E-state index is -0.261. The van der Waals surface area contributed by atoms with E-state index in [-0.39, 0.29) is 23.9 Å². The first-order valence-electron chi connectivity index (χ1n) is 6.99. The number of carbonyl (C=O) groups is 1. The van der Waals surface area contributed by atoms with Crippen LogP contribution in [0.5, 0.6) is 0 Å². The minimum absolute atomic E-state index is 0.0562. The molecule has 0 atom stereocenters. The number of halogens is 1. The highest BCUT2D eigenvalue weighted by Gasteiger charge is 2.08. The van der Waals surface area contributed by atoms with Crippen molar-refractivity contribution < 1.29 is 4.79 Å². The summed E-state index contributed by atoms with van der Waals surface area (Å²) in [6.45, 7) is 5.82. The molecule has 116 valence electrons. The second-order valence-corrected chi connectivity index (χ2v) is 6.30. The van der Waals surface area contributed by atoms with E-state index in [4.69, 9.17) is 0 Å². The van der Waals surface area contributed by atoms with Crippen molar-refractivity contribution in [2.75, 3.05) is 5.32 Å². The number of nitrogens with zero attached hydrogens (tertiary/aromatic N) is 2. The van der Waals surface area contributed by atoms with Gasteiger partial charge in [-0.05, 0) is 36.6 Å². The lowest BCUT2D eigenvalue weighted by Crippen LogP contribution is -2.28. The van der Waals surface area contributed by atoms with Crippen molar-refractivity contribution in [1.29, 1.82) is 0 Å². The molecule has 1 heterocycles. The van der Waals surface area contributed by atoms with Gasteiger partial charge in [0.05, 0.1) is 12.0 Å². The number of anilines is 1. The van der Waals surface area contributed by atoms with Crippen molar-refractivity contribution >= 4 is 27.5 Å². The second-order valence-electron chi connectivity index (χ2n) is 5.45. The van der Waals surface area contributed by atoms with Gasteiger partial charge in [0.15, 0.2) is 0 Å². The van der Waals surface area contributed by atoms with Gasteiger partial charge in [-0.2, -0.15) is 0 Å². The van der Waals surface area contributed by atoms with Crippen molar-refractivity contribution in [3.05, 3.63) is 56.7 Å². The zero-order chi connectivity index (χ0) is 16.3. The lowest BCUT2D eigenvalue weighted by atomic mass is 10.1. The summed E-state index contributed by atoms with van der Waals surface area (Å²) in [5, 5.41) is 2.78. The van der Waals surface area contributed by atoms with E-state index in [1.54, 1.807) is 6.07 Å². The van der Waals surface area contributed by atoms with Crippen molar-refractivity contribution in [3.8, 4) is 0 Å². The number of nitrogens with one attached hydrogen (secondary N) is 1. The Bertz CT molecular complexity index is 753. The summed E-state index contributed by atoms with van der Waals surface area (Å²) in [4.78, 5) is 28.2. The predicted molar refractivity (Wildman–Crippen MR) is 90.1 cm³/mol. The Morgan fingerprint density at radius 2 is 2.09 bits per heavy atom. The van der Waals surface area contributed by atoms with Crippen LogP contribution < -0.4 is 10.9 Å². The maximum absolute atomic E-state index is 12.0. The molecule has 0 unspecified atom stereocenters. The van der Waals surface area contributed by atoms with E-state index in [0.29, 0.717) is 5.69 Å². The molecule has 22 heavy (non-hydrogen) atoms. The molecule has 0 aliphatic rings. The molecule has 6 heteroatoms. The fourth-order valence-corrected chi connectivity index (χ4v) is 2.20. The first-order valence-corrected chi connectivity index (χ1v) is 7.78. The van der Waals surface area contributed by atoms with Crippen LogP contribution >= 0.6 is 15.9 Å². The molecule has 0 bridgehead atoms. The third-order valence-corrected chi connectivity index (χ3v) is 4.14. The number of hydrogen-bond acceptors (Lipinski definition) is 3. The lowest BCUT2D eigenvalue weighted by molar-refractivity contribution is -0.116. The van der Waals surface area contributed by atoms with Crippen LogP contribution in [0.2, 0.25) is 0 Å². The Labute approximate surface area is 137 Å². The third-order valence-electron chi connectivity index (χ3n) is 3.25. The maximum atomic E-state index is 12.0. The van der Waals surface area contributed by atoms with Crippen LogP contribution in [-0.2, 0) is 11.3 Å². The van der Waals surface area contributed by atoms with E-state index in [1.807, 2.05) is 32.9 Å². The van der Waals surface area contributed by atoms with Gasteiger partial charge in [0, 0.05) is 16.2 Å². The molecular weight excluding hydrogens is 346 g/mol. The molecule has 1 aromatic heterocycles. The SMILES string of the molecule is Cc1cc(NC(=O)Cn2cnc(C(C)C)cc2=O)ccc1Br. The molecule has 1 aromatic carbocycles. The smallest absolute Gasteiger partial charge is 0.254 e. The predicted octanol–water partition coefficient (Wildman–Crippen LogP) is 3.08. The summed E-state index contributed by atoms with van der Waals surface area (Å²) in [5.74, 6) is -0.0789. The quantitative estimate of drug-likeness (QED) is 0.907. The van der Waals surface area contributed by atoms with Crippen LogP contribution in [0, 0.1) is 6.92 Å². The van der Waals surface area contributed by atoms with Gasteiger partial charge in [0.2, 0.25) is 5.91 Å². The van der Waals surface area contributed by atoms with E-state index < -0.39 is 0 Å². The number of aryl methyl sites for hydroxylation is 1. The molecular formula is C16H18BrN3O2. The topological polar surface area (TPSA) is 64.0 Å². The molecule has 1 N–H and O–H groups in total. The molecule has 1 amide bonds. The zero-order valence-electron chi connectivity index (χ0n) is 12.8. The summed E-state index contributed by atoms with van der Waals surface area (Å²) in [6, 6.07) is 7.01. The summed E-state index contributed by atoms with van der Waals surface area (Å²) < 4.78 is 2.28. The van der Waals surface area contributed by atoms with Gasteiger partial charge in [0.25, 0.3) is 5.56 Å². The normalized spacial score (nSPS) is 10.8. The first kappa shape index (κ1) is 16.4. The third kappa shape index (κ3) is 4.04. The molecule has 0 fully saturated rings. The van der Waals surface area contributed by atoms with Crippen molar-refractivity contribution in [2.45, 2.75) is 33.2 Å². The average molecular weight is 364 g/mol. The van der Waals surface area contributed by atoms with Gasteiger partial charge < -0.3 is 5.32 Å². The van der Waals surface area contributed by atoms with E-state index in [1.165, 1.54) is 17.0 Å². The summed E-state index contributed by atoms with van der Waals surface area (Å²) >= 11 is 3.41. The highest BCUT2D eigenvalue weighted by molar-refractivity contribution is 9.10. The van der Waals surface area contributed by atoms with E-state index in [0.717, 1.165) is 15.7 Å². The lowest BCUT2D eigenvalue weighted by Gasteiger charge is -2.10. The van der Waals surface area contributed by atoms with Crippen LogP contribution in [0.25, 0.3) is 0 Å². The van der Waals surface area contributed by atoms with E-state index in [9.17, 15) is 9.59 Å². The fraction of sp³-hybridized carbons (Fsp3) is 0.312. The van der Waals surface area contributed by atoms with E-state index in [2.05, 4.69) is 26.2 Å². The summed E-state index contributed by atoms with van der Waals surface area (Å²) in [6.07, 6.45) is 1.42. The highest BCUT2D eigenvalue weighted by Crippen LogP contribution is 2.19. The number of aromatic nitrogens is 2. The Balaban J connectivity index is 2.09. The molecule has 2 rings (SSSR count). The number of benzene rings is 1. The average Bonchev–Trinajstić information content (AvgIpc) is 2.45. The number of rotatable bonds is 4. The molecule has 0 spiro atoms. The molecule has 0 saturated carbocycles. The minimum Gasteiger partial charge on any atom is -0.325 e. The molecule has 0 saturated heterocycles. The second kappa shape index (κ2) is 6.87. The maximum Gasteiger partial charge on any atom is 0.254 e. The largest absolute Gasteiger partial charge is 0.325 e. The Kier molecular flexibility index (Phi) is 5.13. The summed E-state index contributed by atoms with van der Waals surface area (Å²) in [7, 11) is 0. The molecule has 0 radical (unpaired) electrons. The van der Waals surface area contributed by atoms with Gasteiger partial charge in [-0.1, -0.05) is 29.8 Å². The van der Waals surface area contributed by atoms with Crippen molar-refractivity contribution in [1.82, 2.24) is 9.55 Å². The van der Waals surface area contributed by atoms with Crippen LogP contribution in [0.3, 0.4) is 0 Å². The molecule has 0 aliphatic heterocycles. The fourth-order valence-electron chi connectivity index (χ4n) is 1.95. The first-order chi connectivity index (χ1) is 10.4. The summed E-state index contributed by atoms with van der Waals surface area (Å²) in [5.41, 5.74) is 2.23. The zero-order valence-corrected chi connectivity index (χ0v) is 14.3. The van der Waals surface area contributed by atoms with Crippen LogP contribution in [-0.4, -0.2) is 15.5 Å².